The van der Waals surface area contributed by atoms with E-state index in [0.29, 0.717) is 17.8 Å². The molecule has 3 unspecified atom stereocenters. The van der Waals surface area contributed by atoms with Crippen LogP contribution >= 0.6 is 0 Å². The average molecular weight is 343 g/mol. The third kappa shape index (κ3) is 4.46. The predicted molar refractivity (Wildman–Crippen MR) is 103 cm³/mol. The molecule has 1 aromatic carbocycles. The van der Waals surface area contributed by atoms with Crippen molar-refractivity contribution in [3.05, 3.63) is 35.4 Å². The Bertz CT molecular complexity index is 554. The Morgan fingerprint density at radius 3 is 2.32 bits per heavy atom. The van der Waals surface area contributed by atoms with E-state index in [4.69, 9.17) is 4.74 Å². The van der Waals surface area contributed by atoms with Crippen LogP contribution in [0.3, 0.4) is 0 Å². The van der Waals surface area contributed by atoms with Crippen molar-refractivity contribution in [3.63, 3.8) is 0 Å². The molecule has 0 bridgehead atoms. The molecule has 1 aliphatic heterocycles. The Morgan fingerprint density at radius 1 is 1.04 bits per heavy atom. The van der Waals surface area contributed by atoms with Gasteiger partial charge in [-0.05, 0) is 75.2 Å². The minimum Gasteiger partial charge on any atom is -0.462 e. The highest BCUT2D eigenvalue weighted by molar-refractivity contribution is 5.73. The van der Waals surface area contributed by atoms with E-state index in [2.05, 4.69) is 45.0 Å². The van der Waals surface area contributed by atoms with E-state index in [-0.39, 0.29) is 18.0 Å². The molecule has 0 spiro atoms. The topological polar surface area (TPSA) is 26.3 Å². The van der Waals surface area contributed by atoms with Crippen molar-refractivity contribution in [1.82, 2.24) is 0 Å². The van der Waals surface area contributed by atoms with Crippen LogP contribution in [0.15, 0.2) is 24.3 Å². The maximum atomic E-state index is 12.5. The van der Waals surface area contributed by atoms with Crippen molar-refractivity contribution in [2.24, 2.45) is 17.8 Å². The Morgan fingerprint density at radius 2 is 1.72 bits per heavy atom. The van der Waals surface area contributed by atoms with E-state index in [0.717, 1.165) is 25.7 Å². The summed E-state index contributed by atoms with van der Waals surface area (Å²) in [5, 5.41) is 0. The molecule has 2 fully saturated rings. The summed E-state index contributed by atoms with van der Waals surface area (Å²) >= 11 is 0. The lowest BCUT2D eigenvalue weighted by Gasteiger charge is -2.38. The second kappa shape index (κ2) is 8.38. The Hall–Kier alpha value is -1.31. The van der Waals surface area contributed by atoms with Gasteiger partial charge in [-0.25, -0.2) is 0 Å². The SMILES string of the molecule is CCCC1CCC(C(C)C2CCC(c3ccc(C)cc3)CC2)C(=O)O1. The molecule has 25 heavy (non-hydrogen) atoms. The van der Waals surface area contributed by atoms with Crippen LogP contribution in [0.4, 0.5) is 0 Å². The van der Waals surface area contributed by atoms with E-state index in [1.165, 1.54) is 36.8 Å². The van der Waals surface area contributed by atoms with E-state index < -0.39 is 0 Å². The van der Waals surface area contributed by atoms with Gasteiger partial charge in [0.25, 0.3) is 0 Å². The van der Waals surface area contributed by atoms with E-state index in [1.54, 1.807) is 0 Å². The number of esters is 1. The molecule has 0 amide bonds. The summed E-state index contributed by atoms with van der Waals surface area (Å²) in [5.74, 6) is 2.07. The van der Waals surface area contributed by atoms with Gasteiger partial charge in [-0.2, -0.15) is 0 Å². The van der Waals surface area contributed by atoms with Gasteiger partial charge in [0.05, 0.1) is 5.92 Å². The van der Waals surface area contributed by atoms with Gasteiger partial charge in [0.2, 0.25) is 0 Å². The van der Waals surface area contributed by atoms with Gasteiger partial charge in [-0.1, -0.05) is 50.1 Å². The zero-order chi connectivity index (χ0) is 17.8. The molecular weight excluding hydrogens is 308 g/mol. The smallest absolute Gasteiger partial charge is 0.309 e. The summed E-state index contributed by atoms with van der Waals surface area (Å²) < 4.78 is 5.71. The van der Waals surface area contributed by atoms with Crippen LogP contribution < -0.4 is 0 Å². The standard InChI is InChI=1S/C23H34O2/c1-4-5-21-14-15-22(23(24)25-21)17(3)18-10-12-20(13-11-18)19-8-6-16(2)7-9-19/h6-9,17-18,20-22H,4-5,10-15H2,1-3H3. The normalized spacial score (nSPS) is 31.4. The molecule has 3 atom stereocenters. The zero-order valence-corrected chi connectivity index (χ0v) is 16.2. The van der Waals surface area contributed by atoms with Crippen LogP contribution in [0.5, 0.6) is 0 Å². The molecule has 0 radical (unpaired) electrons. The fraction of sp³-hybridized carbons (Fsp3) is 0.696. The van der Waals surface area contributed by atoms with Gasteiger partial charge in [-0.15, -0.1) is 0 Å². The van der Waals surface area contributed by atoms with Crippen molar-refractivity contribution in [3.8, 4) is 0 Å². The van der Waals surface area contributed by atoms with E-state index in [1.807, 2.05) is 0 Å². The molecule has 1 aliphatic carbocycles. The first kappa shape index (κ1) is 18.5. The summed E-state index contributed by atoms with van der Waals surface area (Å²) in [4.78, 5) is 12.5. The number of cyclic esters (lactones) is 1. The van der Waals surface area contributed by atoms with Gasteiger partial charge in [0.15, 0.2) is 0 Å². The minimum absolute atomic E-state index is 0.0814. The molecular formula is C23H34O2. The number of carbonyl (C=O) groups is 1. The summed E-state index contributed by atoms with van der Waals surface area (Å²) in [7, 11) is 0. The highest BCUT2D eigenvalue weighted by Gasteiger charge is 2.38. The lowest BCUT2D eigenvalue weighted by Crippen LogP contribution is -2.37. The third-order valence-corrected chi connectivity index (χ3v) is 6.69. The summed E-state index contributed by atoms with van der Waals surface area (Å²) in [5.41, 5.74) is 2.83. The van der Waals surface area contributed by atoms with E-state index in [9.17, 15) is 4.79 Å². The molecule has 1 saturated heterocycles. The van der Waals surface area contributed by atoms with Crippen LogP contribution in [-0.2, 0) is 9.53 Å². The number of carbonyl (C=O) groups excluding carboxylic acids is 1. The van der Waals surface area contributed by atoms with Crippen molar-refractivity contribution in [1.29, 1.82) is 0 Å². The average Bonchev–Trinajstić information content (AvgIpc) is 2.62. The van der Waals surface area contributed by atoms with Crippen LogP contribution in [-0.4, -0.2) is 12.1 Å². The van der Waals surface area contributed by atoms with E-state index >= 15 is 0 Å². The van der Waals surface area contributed by atoms with Crippen molar-refractivity contribution in [2.75, 3.05) is 0 Å². The summed E-state index contributed by atoms with van der Waals surface area (Å²) in [6.07, 6.45) is 9.42. The lowest BCUT2D eigenvalue weighted by atomic mass is 9.69. The fourth-order valence-corrected chi connectivity index (χ4v) is 4.94. The molecule has 3 rings (SSSR count). The lowest BCUT2D eigenvalue weighted by molar-refractivity contribution is -0.164. The third-order valence-electron chi connectivity index (χ3n) is 6.69. The second-order valence-corrected chi connectivity index (χ2v) is 8.41. The molecule has 2 aliphatic rings. The zero-order valence-electron chi connectivity index (χ0n) is 16.2. The molecule has 138 valence electrons. The largest absolute Gasteiger partial charge is 0.462 e. The first-order valence-electron chi connectivity index (χ1n) is 10.4. The second-order valence-electron chi connectivity index (χ2n) is 8.41. The fourth-order valence-electron chi connectivity index (χ4n) is 4.94. The molecule has 2 heteroatoms. The number of ether oxygens (including phenoxy) is 1. The number of aryl methyl sites for hydroxylation is 1. The minimum atomic E-state index is 0.0814. The maximum absolute atomic E-state index is 12.5. The number of hydrogen-bond acceptors (Lipinski definition) is 2. The highest BCUT2D eigenvalue weighted by atomic mass is 16.5. The quantitative estimate of drug-likeness (QED) is 0.611. The van der Waals surface area contributed by atoms with Gasteiger partial charge >= 0.3 is 5.97 Å². The predicted octanol–water partition coefficient (Wildman–Crippen LogP) is 6.03. The van der Waals surface area contributed by atoms with Crippen LogP contribution in [0.1, 0.15) is 82.3 Å². The van der Waals surface area contributed by atoms with Gasteiger partial charge in [0.1, 0.15) is 6.10 Å². The molecule has 0 N–H and O–H groups in total. The van der Waals surface area contributed by atoms with Gasteiger partial charge in [0, 0.05) is 0 Å². The molecule has 1 heterocycles. The maximum Gasteiger partial charge on any atom is 0.309 e. The van der Waals surface area contributed by atoms with Gasteiger partial charge < -0.3 is 4.74 Å². The summed E-state index contributed by atoms with van der Waals surface area (Å²) in [6.45, 7) is 6.61. The van der Waals surface area contributed by atoms with Crippen LogP contribution in [0, 0.1) is 24.7 Å². The van der Waals surface area contributed by atoms with Crippen molar-refractivity contribution >= 4 is 5.97 Å². The van der Waals surface area contributed by atoms with Crippen LogP contribution in [0.2, 0.25) is 0 Å². The number of hydrogen-bond donors (Lipinski definition) is 0. The monoisotopic (exact) mass is 342 g/mol. The van der Waals surface area contributed by atoms with Crippen molar-refractivity contribution in [2.45, 2.75) is 84.2 Å². The summed E-state index contributed by atoms with van der Waals surface area (Å²) in [6, 6.07) is 9.07. The molecule has 1 saturated carbocycles. The number of benzene rings is 1. The molecule has 0 aromatic heterocycles. The van der Waals surface area contributed by atoms with Crippen molar-refractivity contribution < 1.29 is 9.53 Å². The number of rotatable bonds is 5. The van der Waals surface area contributed by atoms with Gasteiger partial charge in [-0.3, -0.25) is 4.79 Å². The highest BCUT2D eigenvalue weighted by Crippen LogP contribution is 2.42. The van der Waals surface area contributed by atoms with Crippen LogP contribution in [0.25, 0.3) is 0 Å². The Balaban J connectivity index is 1.52. The molecule has 2 nitrogen and oxygen atoms in total. The Kier molecular flexibility index (Phi) is 6.19. The first-order chi connectivity index (χ1) is 12.1. The molecule has 1 aromatic rings. The first-order valence-corrected chi connectivity index (χ1v) is 10.4. The Labute approximate surface area is 153 Å².